The van der Waals surface area contributed by atoms with E-state index in [4.69, 9.17) is 16.3 Å². The van der Waals surface area contributed by atoms with E-state index >= 15 is 0 Å². The second-order valence-corrected chi connectivity index (χ2v) is 6.87. The fourth-order valence-electron chi connectivity index (χ4n) is 2.88. The van der Waals surface area contributed by atoms with Crippen LogP contribution in [0.4, 0.5) is 0 Å². The van der Waals surface area contributed by atoms with E-state index in [0.717, 1.165) is 56.9 Å². The number of benzene rings is 1. The molecule has 0 radical (unpaired) electrons. The molecule has 2 rings (SSSR count). The second-order valence-electron chi connectivity index (χ2n) is 6.43. The topological polar surface area (TPSA) is 40.1 Å². The van der Waals surface area contributed by atoms with E-state index in [1.807, 2.05) is 31.3 Å². The molecule has 1 aromatic rings. The molecule has 0 bridgehead atoms. The maximum atomic E-state index is 5.94. The minimum absolute atomic E-state index is 0.559. The third kappa shape index (κ3) is 6.30. The summed E-state index contributed by atoms with van der Waals surface area (Å²) in [4.78, 5) is 8.99. The van der Waals surface area contributed by atoms with E-state index in [1.165, 1.54) is 5.56 Å². The molecule has 0 aromatic heterocycles. The minimum Gasteiger partial charge on any atom is -0.379 e. The number of hydrogen-bond acceptors (Lipinski definition) is 3. The van der Waals surface area contributed by atoms with Crippen molar-refractivity contribution < 1.29 is 4.74 Å². The maximum Gasteiger partial charge on any atom is 0.193 e. The van der Waals surface area contributed by atoms with Crippen molar-refractivity contribution in [2.45, 2.75) is 13.5 Å². The molecule has 0 saturated carbocycles. The van der Waals surface area contributed by atoms with Gasteiger partial charge in [0, 0.05) is 51.8 Å². The number of halogens is 1. The average Bonchev–Trinajstić information content (AvgIpc) is 2.58. The first kappa shape index (κ1) is 19.0. The largest absolute Gasteiger partial charge is 0.379 e. The Morgan fingerprint density at radius 1 is 1.33 bits per heavy atom. The van der Waals surface area contributed by atoms with Crippen molar-refractivity contribution in [3.8, 4) is 0 Å². The molecule has 1 fully saturated rings. The van der Waals surface area contributed by atoms with Crippen LogP contribution in [0, 0.1) is 5.92 Å². The summed E-state index contributed by atoms with van der Waals surface area (Å²) in [6.45, 7) is 8.86. The molecule has 1 unspecified atom stereocenters. The normalized spacial score (nSPS) is 17.6. The Labute approximate surface area is 150 Å². The van der Waals surface area contributed by atoms with Gasteiger partial charge in [-0.25, -0.2) is 0 Å². The van der Waals surface area contributed by atoms with Gasteiger partial charge in [-0.15, -0.1) is 0 Å². The minimum atomic E-state index is 0.559. The number of rotatable bonds is 6. The summed E-state index contributed by atoms with van der Waals surface area (Å²) in [6.07, 6.45) is 0. The van der Waals surface area contributed by atoms with Gasteiger partial charge in [0.2, 0.25) is 0 Å². The van der Waals surface area contributed by atoms with Crippen molar-refractivity contribution in [1.82, 2.24) is 15.1 Å². The summed E-state index contributed by atoms with van der Waals surface area (Å²) >= 11 is 5.94. The van der Waals surface area contributed by atoms with Gasteiger partial charge in [-0.3, -0.25) is 9.89 Å². The zero-order valence-corrected chi connectivity index (χ0v) is 15.7. The predicted molar refractivity (Wildman–Crippen MR) is 101 cm³/mol. The second kappa shape index (κ2) is 9.87. The average molecular weight is 353 g/mol. The van der Waals surface area contributed by atoms with E-state index in [-0.39, 0.29) is 0 Å². The molecule has 1 heterocycles. The highest BCUT2D eigenvalue weighted by Gasteiger charge is 2.14. The lowest BCUT2D eigenvalue weighted by Crippen LogP contribution is -2.44. The summed E-state index contributed by atoms with van der Waals surface area (Å²) in [5.74, 6) is 1.47. The molecule has 134 valence electrons. The Balaban J connectivity index is 1.77. The highest BCUT2D eigenvalue weighted by Crippen LogP contribution is 2.11. The van der Waals surface area contributed by atoms with Crippen LogP contribution in [0.2, 0.25) is 5.02 Å². The van der Waals surface area contributed by atoms with Crippen LogP contribution in [0.3, 0.4) is 0 Å². The molecule has 1 saturated heterocycles. The molecule has 24 heavy (non-hydrogen) atoms. The van der Waals surface area contributed by atoms with Gasteiger partial charge in [0.15, 0.2) is 5.96 Å². The van der Waals surface area contributed by atoms with E-state index in [9.17, 15) is 0 Å². The van der Waals surface area contributed by atoms with Gasteiger partial charge in [-0.1, -0.05) is 30.7 Å². The van der Waals surface area contributed by atoms with Crippen LogP contribution in [0.15, 0.2) is 29.3 Å². The molecular weight excluding hydrogens is 324 g/mol. The Bertz CT molecular complexity index is 514. The number of nitrogens with zero attached hydrogens (tertiary/aromatic N) is 3. The molecule has 1 N–H and O–H groups in total. The summed E-state index contributed by atoms with van der Waals surface area (Å²) < 4.78 is 5.40. The number of aliphatic imine (C=N–C) groups is 1. The number of hydrogen-bond donors (Lipinski definition) is 1. The van der Waals surface area contributed by atoms with Gasteiger partial charge >= 0.3 is 0 Å². The molecule has 0 aliphatic carbocycles. The number of ether oxygens (including phenoxy) is 1. The predicted octanol–water partition coefficient (Wildman–Crippen LogP) is 2.32. The van der Waals surface area contributed by atoms with Gasteiger partial charge in [0.1, 0.15) is 0 Å². The SMILES string of the molecule is CN=C(NCC(C)CN1CCOCC1)N(C)Cc1ccc(Cl)cc1. The van der Waals surface area contributed by atoms with Gasteiger partial charge in [0.05, 0.1) is 13.2 Å². The number of nitrogens with one attached hydrogen (secondary N) is 1. The van der Waals surface area contributed by atoms with Crippen LogP contribution >= 0.6 is 11.6 Å². The smallest absolute Gasteiger partial charge is 0.193 e. The van der Waals surface area contributed by atoms with Crippen LogP contribution in [-0.4, -0.2) is 69.2 Å². The lowest BCUT2D eigenvalue weighted by molar-refractivity contribution is 0.0320. The van der Waals surface area contributed by atoms with Crippen molar-refractivity contribution in [2.75, 3.05) is 53.5 Å². The van der Waals surface area contributed by atoms with Crippen molar-refractivity contribution in [1.29, 1.82) is 0 Å². The van der Waals surface area contributed by atoms with Crippen LogP contribution in [0.5, 0.6) is 0 Å². The first-order chi connectivity index (χ1) is 11.6. The lowest BCUT2D eigenvalue weighted by atomic mass is 10.1. The van der Waals surface area contributed by atoms with E-state index < -0.39 is 0 Å². The zero-order valence-electron chi connectivity index (χ0n) is 15.0. The summed E-state index contributed by atoms with van der Waals surface area (Å²) in [5, 5.41) is 4.25. The van der Waals surface area contributed by atoms with Crippen LogP contribution in [0.1, 0.15) is 12.5 Å². The zero-order chi connectivity index (χ0) is 17.4. The standard InChI is InChI=1S/C18H29ClN4O/c1-15(13-23-8-10-24-11-9-23)12-21-18(20-2)22(3)14-16-4-6-17(19)7-5-16/h4-7,15H,8-14H2,1-3H3,(H,20,21). The Kier molecular flexibility index (Phi) is 7.82. The first-order valence-corrected chi connectivity index (χ1v) is 8.92. The molecule has 0 spiro atoms. The monoisotopic (exact) mass is 352 g/mol. The lowest BCUT2D eigenvalue weighted by Gasteiger charge is -2.30. The maximum absolute atomic E-state index is 5.94. The number of morpholine rings is 1. The fourth-order valence-corrected chi connectivity index (χ4v) is 3.00. The van der Waals surface area contributed by atoms with Crippen molar-refractivity contribution >= 4 is 17.6 Å². The van der Waals surface area contributed by atoms with Gasteiger partial charge in [-0.05, 0) is 23.6 Å². The Morgan fingerprint density at radius 2 is 2.00 bits per heavy atom. The summed E-state index contributed by atoms with van der Waals surface area (Å²) in [6, 6.07) is 7.94. The molecule has 1 aromatic carbocycles. The van der Waals surface area contributed by atoms with Crippen molar-refractivity contribution in [3.63, 3.8) is 0 Å². The van der Waals surface area contributed by atoms with Gasteiger partial charge in [-0.2, -0.15) is 0 Å². The van der Waals surface area contributed by atoms with E-state index in [0.29, 0.717) is 5.92 Å². The van der Waals surface area contributed by atoms with Crippen LogP contribution < -0.4 is 5.32 Å². The summed E-state index contributed by atoms with van der Waals surface area (Å²) in [7, 11) is 3.88. The molecule has 1 aliphatic rings. The highest BCUT2D eigenvalue weighted by molar-refractivity contribution is 6.30. The van der Waals surface area contributed by atoms with Gasteiger partial charge in [0.25, 0.3) is 0 Å². The molecular formula is C18H29ClN4O. The fraction of sp³-hybridized carbons (Fsp3) is 0.611. The molecule has 0 amide bonds. The Morgan fingerprint density at radius 3 is 2.62 bits per heavy atom. The molecule has 1 atom stereocenters. The van der Waals surface area contributed by atoms with E-state index in [2.05, 4.69) is 34.1 Å². The number of guanidine groups is 1. The van der Waals surface area contributed by atoms with Crippen LogP contribution in [0.25, 0.3) is 0 Å². The third-order valence-electron chi connectivity index (χ3n) is 4.19. The van der Waals surface area contributed by atoms with E-state index in [1.54, 1.807) is 0 Å². The van der Waals surface area contributed by atoms with Gasteiger partial charge < -0.3 is 15.0 Å². The van der Waals surface area contributed by atoms with Crippen molar-refractivity contribution in [2.24, 2.45) is 10.9 Å². The molecule has 1 aliphatic heterocycles. The van der Waals surface area contributed by atoms with Crippen LogP contribution in [-0.2, 0) is 11.3 Å². The highest BCUT2D eigenvalue weighted by atomic mass is 35.5. The first-order valence-electron chi connectivity index (χ1n) is 8.55. The summed E-state index contributed by atoms with van der Waals surface area (Å²) in [5.41, 5.74) is 1.21. The molecule has 5 nitrogen and oxygen atoms in total. The molecule has 6 heteroatoms. The quantitative estimate of drug-likeness (QED) is 0.630. The third-order valence-corrected chi connectivity index (χ3v) is 4.44. The Hall–Kier alpha value is -1.30. The van der Waals surface area contributed by atoms with Crippen molar-refractivity contribution in [3.05, 3.63) is 34.9 Å².